The number of rotatable bonds is 4. The maximum Gasteiger partial charge on any atom is 0.226 e. The fourth-order valence-corrected chi connectivity index (χ4v) is 3.35. The van der Waals surface area contributed by atoms with Gasteiger partial charge in [-0.1, -0.05) is 36.4 Å². The summed E-state index contributed by atoms with van der Waals surface area (Å²) in [7, 11) is 0. The second-order valence-corrected chi connectivity index (χ2v) is 6.14. The van der Waals surface area contributed by atoms with Crippen LogP contribution >= 0.6 is 11.8 Å². The highest BCUT2D eigenvalue weighted by molar-refractivity contribution is 7.98. The predicted molar refractivity (Wildman–Crippen MR) is 93.2 cm³/mol. The van der Waals surface area contributed by atoms with E-state index in [1.165, 1.54) is 10.3 Å². The van der Waals surface area contributed by atoms with E-state index in [4.69, 9.17) is 4.42 Å². The van der Waals surface area contributed by atoms with Gasteiger partial charge in [-0.05, 0) is 24.3 Å². The Hall–Kier alpha value is -2.59. The quantitative estimate of drug-likeness (QED) is 0.486. The summed E-state index contributed by atoms with van der Waals surface area (Å²) in [6, 6.07) is 20.2. The predicted octanol–water partition coefficient (Wildman–Crippen LogP) is 5.18. The number of oxazole rings is 1. The van der Waals surface area contributed by atoms with Gasteiger partial charge < -0.3 is 4.42 Å². The van der Waals surface area contributed by atoms with Crippen LogP contribution in [-0.4, -0.2) is 9.97 Å². The van der Waals surface area contributed by atoms with Crippen molar-refractivity contribution in [2.75, 3.05) is 0 Å². The van der Waals surface area contributed by atoms with Crippen LogP contribution in [0, 0.1) is 0 Å². The Morgan fingerprint density at radius 2 is 1.74 bits per heavy atom. The van der Waals surface area contributed by atoms with Gasteiger partial charge in [0.1, 0.15) is 6.26 Å². The van der Waals surface area contributed by atoms with E-state index in [2.05, 4.69) is 16.0 Å². The maximum atomic E-state index is 5.59. The summed E-state index contributed by atoms with van der Waals surface area (Å²) in [5, 5.41) is 1.17. The van der Waals surface area contributed by atoms with Gasteiger partial charge in [0.05, 0.1) is 11.2 Å². The summed E-state index contributed by atoms with van der Waals surface area (Å²) in [6.07, 6.45) is 3.58. The molecule has 0 aliphatic carbocycles. The molecule has 0 unspecified atom stereocenters. The number of thioether (sulfide) groups is 1. The Morgan fingerprint density at radius 1 is 0.913 bits per heavy atom. The highest BCUT2D eigenvalue weighted by Crippen LogP contribution is 2.29. The fraction of sp³-hybridized carbons (Fsp3) is 0.0526. The summed E-state index contributed by atoms with van der Waals surface area (Å²) in [4.78, 5) is 10.2. The second-order valence-electron chi connectivity index (χ2n) is 5.12. The lowest BCUT2D eigenvalue weighted by atomic mass is 10.2. The van der Waals surface area contributed by atoms with E-state index >= 15 is 0 Å². The SMILES string of the molecule is c1ccc(-c2nc(CSc3ccnc4ccccc34)co2)cc1. The molecule has 4 heteroatoms. The second kappa shape index (κ2) is 6.26. The van der Waals surface area contributed by atoms with Crippen molar-refractivity contribution in [1.82, 2.24) is 9.97 Å². The van der Waals surface area contributed by atoms with E-state index in [-0.39, 0.29) is 0 Å². The third-order valence-electron chi connectivity index (χ3n) is 3.56. The average Bonchev–Trinajstić information content (AvgIpc) is 3.10. The zero-order valence-electron chi connectivity index (χ0n) is 12.3. The third-order valence-corrected chi connectivity index (χ3v) is 4.66. The molecule has 0 fully saturated rings. The zero-order valence-corrected chi connectivity index (χ0v) is 13.2. The number of fused-ring (bicyclic) bond motifs is 1. The van der Waals surface area contributed by atoms with Gasteiger partial charge in [0.15, 0.2) is 0 Å². The van der Waals surface area contributed by atoms with Crippen molar-refractivity contribution in [3.8, 4) is 11.5 Å². The van der Waals surface area contributed by atoms with Crippen molar-refractivity contribution in [3.05, 3.63) is 78.8 Å². The molecule has 0 aliphatic heterocycles. The largest absolute Gasteiger partial charge is 0.444 e. The molecule has 0 saturated heterocycles. The van der Waals surface area contributed by atoms with E-state index in [9.17, 15) is 0 Å². The first-order valence-corrected chi connectivity index (χ1v) is 8.35. The molecule has 0 N–H and O–H groups in total. The van der Waals surface area contributed by atoms with Crippen molar-refractivity contribution >= 4 is 22.7 Å². The third kappa shape index (κ3) is 2.98. The number of nitrogens with zero attached hydrogens (tertiary/aromatic N) is 2. The van der Waals surface area contributed by atoms with Gasteiger partial charge in [0.25, 0.3) is 0 Å². The molecular formula is C19H14N2OS. The van der Waals surface area contributed by atoms with Crippen molar-refractivity contribution in [2.45, 2.75) is 10.6 Å². The number of hydrogen-bond acceptors (Lipinski definition) is 4. The minimum atomic E-state index is 0.667. The topological polar surface area (TPSA) is 38.9 Å². The first kappa shape index (κ1) is 14.0. The summed E-state index contributed by atoms with van der Waals surface area (Å²) < 4.78 is 5.59. The monoisotopic (exact) mass is 318 g/mol. The lowest BCUT2D eigenvalue weighted by molar-refractivity contribution is 0.573. The highest BCUT2D eigenvalue weighted by atomic mass is 32.2. The Bertz CT molecular complexity index is 929. The number of pyridine rings is 1. The van der Waals surface area contributed by atoms with Crippen LogP contribution in [0.2, 0.25) is 0 Å². The summed E-state index contributed by atoms with van der Waals surface area (Å²) in [6.45, 7) is 0. The average molecular weight is 318 g/mol. The molecular weight excluding hydrogens is 304 g/mol. The normalized spacial score (nSPS) is 11.0. The number of hydrogen-bond donors (Lipinski definition) is 0. The summed E-state index contributed by atoms with van der Waals surface area (Å²) >= 11 is 1.75. The fourth-order valence-electron chi connectivity index (χ4n) is 2.43. The van der Waals surface area contributed by atoms with Gasteiger partial charge in [-0.25, -0.2) is 4.98 Å². The van der Waals surface area contributed by atoms with Gasteiger partial charge in [0, 0.05) is 27.8 Å². The first-order chi connectivity index (χ1) is 11.4. The Balaban J connectivity index is 1.54. The van der Waals surface area contributed by atoms with Gasteiger partial charge >= 0.3 is 0 Å². The molecule has 4 rings (SSSR count). The van der Waals surface area contributed by atoms with Gasteiger partial charge in [-0.15, -0.1) is 11.8 Å². The molecule has 23 heavy (non-hydrogen) atoms. The van der Waals surface area contributed by atoms with Gasteiger partial charge in [-0.2, -0.15) is 0 Å². The van der Waals surface area contributed by atoms with Crippen LogP contribution in [0.15, 0.2) is 82.4 Å². The summed E-state index contributed by atoms with van der Waals surface area (Å²) in [5.41, 5.74) is 2.95. The van der Waals surface area contributed by atoms with Gasteiger partial charge in [-0.3, -0.25) is 4.98 Å². The van der Waals surface area contributed by atoms with Crippen LogP contribution in [-0.2, 0) is 5.75 Å². The first-order valence-electron chi connectivity index (χ1n) is 7.36. The molecule has 2 aromatic carbocycles. The summed E-state index contributed by atoms with van der Waals surface area (Å²) in [5.74, 6) is 1.44. The molecule has 0 atom stereocenters. The van der Waals surface area contributed by atoms with Crippen LogP contribution < -0.4 is 0 Å². The van der Waals surface area contributed by atoms with Crippen LogP contribution in [0.5, 0.6) is 0 Å². The number of aromatic nitrogens is 2. The molecule has 0 saturated carbocycles. The van der Waals surface area contributed by atoms with E-state index in [1.54, 1.807) is 18.0 Å². The van der Waals surface area contributed by atoms with E-state index in [0.717, 1.165) is 22.5 Å². The molecule has 2 heterocycles. The molecule has 0 aliphatic rings. The molecule has 4 aromatic rings. The molecule has 0 radical (unpaired) electrons. The lowest BCUT2D eigenvalue weighted by Crippen LogP contribution is -1.84. The van der Waals surface area contributed by atoms with Crippen LogP contribution in [0.25, 0.3) is 22.4 Å². The van der Waals surface area contributed by atoms with Crippen LogP contribution in [0.4, 0.5) is 0 Å². The molecule has 0 amide bonds. The van der Waals surface area contributed by atoms with Gasteiger partial charge in [0.2, 0.25) is 5.89 Å². The highest BCUT2D eigenvalue weighted by Gasteiger charge is 2.08. The van der Waals surface area contributed by atoms with Crippen molar-refractivity contribution in [1.29, 1.82) is 0 Å². The number of benzene rings is 2. The lowest BCUT2D eigenvalue weighted by Gasteiger charge is -2.03. The van der Waals surface area contributed by atoms with E-state index < -0.39 is 0 Å². The van der Waals surface area contributed by atoms with Crippen LogP contribution in [0.3, 0.4) is 0 Å². The zero-order chi connectivity index (χ0) is 15.5. The van der Waals surface area contributed by atoms with Crippen molar-refractivity contribution in [2.24, 2.45) is 0 Å². The van der Waals surface area contributed by atoms with E-state index in [1.807, 2.05) is 60.8 Å². The molecule has 2 aromatic heterocycles. The minimum absolute atomic E-state index is 0.667. The Kier molecular flexibility index (Phi) is 3.82. The molecule has 0 bridgehead atoms. The molecule has 112 valence electrons. The Morgan fingerprint density at radius 3 is 2.65 bits per heavy atom. The Labute approximate surface area is 138 Å². The van der Waals surface area contributed by atoms with Crippen LogP contribution in [0.1, 0.15) is 5.69 Å². The van der Waals surface area contributed by atoms with Crippen molar-refractivity contribution < 1.29 is 4.42 Å². The van der Waals surface area contributed by atoms with Crippen molar-refractivity contribution in [3.63, 3.8) is 0 Å². The standard InChI is InChI=1S/C19H14N2OS/c1-2-6-14(7-3-1)19-21-15(12-22-19)13-23-18-10-11-20-17-9-5-4-8-16(17)18/h1-12H,13H2. The minimum Gasteiger partial charge on any atom is -0.444 e. The number of para-hydroxylation sites is 1. The molecule has 3 nitrogen and oxygen atoms in total. The smallest absolute Gasteiger partial charge is 0.226 e. The maximum absolute atomic E-state index is 5.59. The van der Waals surface area contributed by atoms with E-state index in [0.29, 0.717) is 5.89 Å². The molecule has 0 spiro atoms.